The molecule has 0 saturated heterocycles. The predicted octanol–water partition coefficient (Wildman–Crippen LogP) is 6.40. The average molecular weight is 395 g/mol. The Hall–Kier alpha value is -2.49. The molecular formula is C25H34N2O2. The second-order valence-electron chi connectivity index (χ2n) is 7.75. The number of carbonyl (C=O) groups is 1. The highest BCUT2D eigenvalue weighted by molar-refractivity contribution is 6.01. The predicted molar refractivity (Wildman–Crippen MR) is 119 cm³/mol. The van der Waals surface area contributed by atoms with E-state index in [0.717, 1.165) is 48.4 Å². The van der Waals surface area contributed by atoms with E-state index >= 15 is 0 Å². The van der Waals surface area contributed by atoms with Crippen LogP contribution in [0.1, 0.15) is 80.9 Å². The molecule has 0 saturated carbocycles. The van der Waals surface area contributed by atoms with E-state index in [9.17, 15) is 4.79 Å². The van der Waals surface area contributed by atoms with Crippen molar-refractivity contribution in [3.8, 4) is 5.75 Å². The van der Waals surface area contributed by atoms with Gasteiger partial charge in [-0.05, 0) is 31.0 Å². The fraction of sp³-hybridized carbons (Fsp3) is 0.480. The monoisotopic (exact) mass is 394 g/mol. The SMILES string of the molecule is CCCCCCCOc1ccccc1C1Nc2ccccc2C(=O)N1CCCC. The van der Waals surface area contributed by atoms with Gasteiger partial charge in [0.2, 0.25) is 0 Å². The lowest BCUT2D eigenvalue weighted by molar-refractivity contribution is 0.0677. The molecule has 0 bridgehead atoms. The summed E-state index contributed by atoms with van der Waals surface area (Å²) in [5.74, 6) is 0.960. The van der Waals surface area contributed by atoms with Gasteiger partial charge in [-0.15, -0.1) is 0 Å². The van der Waals surface area contributed by atoms with Crippen molar-refractivity contribution in [2.24, 2.45) is 0 Å². The van der Waals surface area contributed by atoms with Gasteiger partial charge in [-0.2, -0.15) is 0 Å². The number of hydrogen-bond acceptors (Lipinski definition) is 3. The van der Waals surface area contributed by atoms with Crippen LogP contribution in [0.15, 0.2) is 48.5 Å². The fourth-order valence-corrected chi connectivity index (χ4v) is 3.82. The number of fused-ring (bicyclic) bond motifs is 1. The van der Waals surface area contributed by atoms with Gasteiger partial charge in [0.15, 0.2) is 0 Å². The van der Waals surface area contributed by atoms with E-state index in [-0.39, 0.29) is 12.1 Å². The zero-order valence-corrected chi connectivity index (χ0v) is 17.8. The standard InChI is InChI=1S/C25H34N2O2/c1-3-5-7-8-13-19-29-23-17-12-10-15-21(23)24-26-22-16-11-9-14-20(22)25(28)27(24)18-6-4-2/h9-12,14-17,24,26H,3-8,13,18-19H2,1-2H3. The Morgan fingerprint density at radius 1 is 0.897 bits per heavy atom. The van der Waals surface area contributed by atoms with Gasteiger partial charge < -0.3 is 15.0 Å². The topological polar surface area (TPSA) is 41.6 Å². The van der Waals surface area contributed by atoms with E-state index in [1.54, 1.807) is 0 Å². The van der Waals surface area contributed by atoms with E-state index in [2.05, 4.69) is 25.2 Å². The Kier molecular flexibility index (Phi) is 7.97. The Morgan fingerprint density at radius 2 is 1.62 bits per heavy atom. The van der Waals surface area contributed by atoms with Gasteiger partial charge in [0, 0.05) is 17.8 Å². The number of unbranched alkanes of at least 4 members (excludes halogenated alkanes) is 5. The Labute approximate surface area is 175 Å². The van der Waals surface area contributed by atoms with Crippen LogP contribution in [0, 0.1) is 0 Å². The van der Waals surface area contributed by atoms with Crippen molar-refractivity contribution < 1.29 is 9.53 Å². The van der Waals surface area contributed by atoms with Crippen molar-refractivity contribution in [2.75, 3.05) is 18.5 Å². The summed E-state index contributed by atoms with van der Waals surface area (Å²) in [6.45, 7) is 5.83. The third-order valence-corrected chi connectivity index (χ3v) is 5.49. The minimum atomic E-state index is -0.208. The van der Waals surface area contributed by atoms with Crippen molar-refractivity contribution >= 4 is 11.6 Å². The summed E-state index contributed by atoms with van der Waals surface area (Å²) in [6, 6.07) is 15.9. The van der Waals surface area contributed by atoms with Gasteiger partial charge in [-0.1, -0.05) is 76.3 Å². The molecule has 4 nitrogen and oxygen atoms in total. The van der Waals surface area contributed by atoms with Crippen LogP contribution in [0.4, 0.5) is 5.69 Å². The maximum Gasteiger partial charge on any atom is 0.257 e. The zero-order valence-electron chi connectivity index (χ0n) is 17.8. The molecule has 1 amide bonds. The Morgan fingerprint density at radius 3 is 2.45 bits per heavy atom. The lowest BCUT2D eigenvalue weighted by Gasteiger charge is -2.38. The van der Waals surface area contributed by atoms with Crippen LogP contribution in [0.2, 0.25) is 0 Å². The summed E-state index contributed by atoms with van der Waals surface area (Å²) < 4.78 is 6.17. The number of hydrogen-bond donors (Lipinski definition) is 1. The van der Waals surface area contributed by atoms with Crippen molar-refractivity contribution in [3.05, 3.63) is 59.7 Å². The molecule has 0 fully saturated rings. The lowest BCUT2D eigenvalue weighted by atomic mass is 10.0. The van der Waals surface area contributed by atoms with Crippen LogP contribution in [0.3, 0.4) is 0 Å². The van der Waals surface area contributed by atoms with E-state index in [1.165, 1.54) is 25.7 Å². The van der Waals surface area contributed by atoms with Crippen LogP contribution >= 0.6 is 0 Å². The number of para-hydroxylation sites is 2. The van der Waals surface area contributed by atoms with Gasteiger partial charge in [-0.25, -0.2) is 0 Å². The van der Waals surface area contributed by atoms with E-state index in [0.29, 0.717) is 6.61 Å². The first kappa shape index (κ1) is 21.2. The first-order valence-corrected chi connectivity index (χ1v) is 11.1. The van der Waals surface area contributed by atoms with Gasteiger partial charge in [0.1, 0.15) is 11.9 Å². The Balaban J connectivity index is 1.79. The molecule has 0 aromatic heterocycles. The molecule has 1 aliphatic rings. The highest BCUT2D eigenvalue weighted by Gasteiger charge is 2.33. The highest BCUT2D eigenvalue weighted by atomic mass is 16.5. The molecule has 1 atom stereocenters. The minimum absolute atomic E-state index is 0.0900. The third-order valence-electron chi connectivity index (χ3n) is 5.49. The molecular weight excluding hydrogens is 360 g/mol. The average Bonchev–Trinajstić information content (AvgIpc) is 2.76. The number of carbonyl (C=O) groups excluding carboxylic acids is 1. The normalized spacial score (nSPS) is 15.7. The van der Waals surface area contributed by atoms with Crippen molar-refractivity contribution in [1.29, 1.82) is 0 Å². The molecule has 156 valence electrons. The van der Waals surface area contributed by atoms with E-state index in [4.69, 9.17) is 4.74 Å². The van der Waals surface area contributed by atoms with Gasteiger partial charge >= 0.3 is 0 Å². The number of benzene rings is 2. The van der Waals surface area contributed by atoms with Crippen LogP contribution < -0.4 is 10.1 Å². The summed E-state index contributed by atoms with van der Waals surface area (Å²) in [4.78, 5) is 15.2. The molecule has 1 unspecified atom stereocenters. The van der Waals surface area contributed by atoms with E-state index in [1.807, 2.05) is 47.4 Å². The van der Waals surface area contributed by atoms with Crippen LogP contribution in [0.5, 0.6) is 5.75 Å². The third kappa shape index (κ3) is 5.31. The van der Waals surface area contributed by atoms with E-state index < -0.39 is 0 Å². The van der Waals surface area contributed by atoms with Crippen LogP contribution in [-0.4, -0.2) is 24.0 Å². The maximum atomic E-state index is 13.2. The molecule has 1 aliphatic heterocycles. The smallest absolute Gasteiger partial charge is 0.257 e. The Bertz CT molecular complexity index is 790. The highest BCUT2D eigenvalue weighted by Crippen LogP contribution is 2.37. The van der Waals surface area contributed by atoms with Crippen LogP contribution in [-0.2, 0) is 0 Å². The molecule has 0 aliphatic carbocycles. The molecule has 1 N–H and O–H groups in total. The zero-order chi connectivity index (χ0) is 20.5. The summed E-state index contributed by atoms with van der Waals surface area (Å²) in [5.41, 5.74) is 2.67. The summed E-state index contributed by atoms with van der Waals surface area (Å²) in [6.07, 6.45) is 7.89. The quantitative estimate of drug-likeness (QED) is 0.448. The number of rotatable bonds is 11. The first-order valence-electron chi connectivity index (χ1n) is 11.1. The summed E-state index contributed by atoms with van der Waals surface area (Å²) >= 11 is 0. The number of ether oxygens (including phenoxy) is 1. The molecule has 4 heteroatoms. The molecule has 3 rings (SSSR count). The number of nitrogens with one attached hydrogen (secondary N) is 1. The second-order valence-corrected chi connectivity index (χ2v) is 7.75. The van der Waals surface area contributed by atoms with Gasteiger partial charge in [0.05, 0.1) is 12.2 Å². The molecule has 29 heavy (non-hydrogen) atoms. The molecule has 0 spiro atoms. The molecule has 0 radical (unpaired) electrons. The first-order chi connectivity index (χ1) is 14.3. The van der Waals surface area contributed by atoms with Crippen molar-refractivity contribution in [3.63, 3.8) is 0 Å². The number of anilines is 1. The molecule has 2 aromatic rings. The molecule has 2 aromatic carbocycles. The van der Waals surface area contributed by atoms with Gasteiger partial charge in [0.25, 0.3) is 5.91 Å². The largest absolute Gasteiger partial charge is 0.493 e. The van der Waals surface area contributed by atoms with Crippen LogP contribution in [0.25, 0.3) is 0 Å². The fourth-order valence-electron chi connectivity index (χ4n) is 3.82. The maximum absolute atomic E-state index is 13.2. The second kappa shape index (κ2) is 10.9. The number of nitrogens with zero attached hydrogens (tertiary/aromatic N) is 1. The lowest BCUT2D eigenvalue weighted by Crippen LogP contribution is -2.43. The number of amides is 1. The minimum Gasteiger partial charge on any atom is -0.493 e. The summed E-state index contributed by atoms with van der Waals surface area (Å²) in [7, 11) is 0. The van der Waals surface area contributed by atoms with Crippen molar-refractivity contribution in [2.45, 2.75) is 65.0 Å². The van der Waals surface area contributed by atoms with Gasteiger partial charge in [-0.3, -0.25) is 4.79 Å². The van der Waals surface area contributed by atoms with Crippen molar-refractivity contribution in [1.82, 2.24) is 4.90 Å². The summed E-state index contributed by atoms with van der Waals surface area (Å²) in [5, 5.41) is 3.59. The molecule has 1 heterocycles.